The Balaban J connectivity index is 1.88. The third-order valence-electron chi connectivity index (χ3n) is 4.78. The summed E-state index contributed by atoms with van der Waals surface area (Å²) in [6, 6.07) is 7.54. The second-order valence-corrected chi connectivity index (χ2v) is 9.04. The fourth-order valence-corrected chi connectivity index (χ4v) is 3.93. The van der Waals surface area contributed by atoms with Crippen LogP contribution >= 0.6 is 11.3 Å². The summed E-state index contributed by atoms with van der Waals surface area (Å²) >= 11 is 1.55. The predicted molar refractivity (Wildman–Crippen MR) is 114 cm³/mol. The summed E-state index contributed by atoms with van der Waals surface area (Å²) in [5.74, 6) is 0.803. The number of nitrogens with one attached hydrogen (secondary N) is 1. The Kier molecular flexibility index (Phi) is 5.00. The number of fused-ring (bicyclic) bond motifs is 3. The Labute approximate surface area is 178 Å². The number of nitrogens with zero attached hydrogens (tertiary/aromatic N) is 3. The van der Waals surface area contributed by atoms with Gasteiger partial charge in [0, 0.05) is 29.1 Å². The second-order valence-electron chi connectivity index (χ2n) is 8.26. The van der Waals surface area contributed by atoms with Gasteiger partial charge >= 0.3 is 0 Å². The van der Waals surface area contributed by atoms with Gasteiger partial charge < -0.3 is 14.8 Å². The molecule has 3 aromatic rings. The zero-order chi connectivity index (χ0) is 21.5. The largest absolute Gasteiger partial charge is 0.495 e. The monoisotopic (exact) mass is 422 g/mol. The molecule has 0 saturated heterocycles. The number of nitriles is 1. The fourth-order valence-electron chi connectivity index (χ4n) is 3.31. The van der Waals surface area contributed by atoms with Crippen LogP contribution in [0.1, 0.15) is 42.4 Å². The van der Waals surface area contributed by atoms with Crippen molar-refractivity contribution in [3.63, 3.8) is 0 Å². The lowest BCUT2D eigenvalue weighted by atomic mass is 9.96. The predicted octanol–water partition coefficient (Wildman–Crippen LogP) is 4.15. The normalized spacial score (nSPS) is 12.4. The molecular formula is C22H22N4O3S. The average Bonchev–Trinajstić information content (AvgIpc) is 3.38. The number of ether oxygens (including phenoxy) is 2. The van der Waals surface area contributed by atoms with Crippen LogP contribution in [0.2, 0.25) is 0 Å². The molecule has 1 amide bonds. The van der Waals surface area contributed by atoms with Crippen molar-refractivity contribution in [2.24, 2.45) is 5.41 Å². The molecule has 0 saturated carbocycles. The number of rotatable bonds is 4. The van der Waals surface area contributed by atoms with Gasteiger partial charge in [0.05, 0.1) is 24.1 Å². The maximum Gasteiger partial charge on any atom is 0.272 e. The molecule has 8 heteroatoms. The summed E-state index contributed by atoms with van der Waals surface area (Å²) in [7, 11) is 1.52. The number of thiophene rings is 1. The van der Waals surface area contributed by atoms with E-state index in [0.717, 1.165) is 11.4 Å². The summed E-state index contributed by atoms with van der Waals surface area (Å²) in [4.78, 5) is 13.0. The quantitative estimate of drug-likeness (QED) is 0.682. The van der Waals surface area contributed by atoms with Gasteiger partial charge in [-0.1, -0.05) is 20.8 Å². The van der Waals surface area contributed by atoms with E-state index in [2.05, 4.69) is 37.3 Å². The van der Waals surface area contributed by atoms with E-state index in [-0.39, 0.29) is 17.9 Å². The molecule has 1 N–H and O–H groups in total. The van der Waals surface area contributed by atoms with Crippen molar-refractivity contribution in [2.45, 2.75) is 27.4 Å². The summed E-state index contributed by atoms with van der Waals surface area (Å²) in [6.07, 6.45) is 0. The van der Waals surface area contributed by atoms with Crippen molar-refractivity contribution in [3.05, 3.63) is 45.8 Å². The number of hydrogen-bond donors (Lipinski definition) is 1. The second kappa shape index (κ2) is 7.50. The van der Waals surface area contributed by atoms with Gasteiger partial charge in [0.2, 0.25) is 0 Å². The van der Waals surface area contributed by atoms with Crippen LogP contribution in [0.25, 0.3) is 16.9 Å². The summed E-state index contributed by atoms with van der Waals surface area (Å²) in [5, 5.41) is 21.1. The molecular weight excluding hydrogens is 400 g/mol. The SMILES string of the molecule is COc1cc2c(cc1C#N)-c1c(c(C(=O)NCC(C)(C)C)nn1-c1ccsc1)CO2. The molecule has 1 aliphatic rings. The number of aromatic nitrogens is 2. The Morgan fingerprint density at radius 2 is 2.23 bits per heavy atom. The smallest absolute Gasteiger partial charge is 0.272 e. The lowest BCUT2D eigenvalue weighted by molar-refractivity contribution is 0.0931. The molecule has 0 bridgehead atoms. The van der Waals surface area contributed by atoms with Gasteiger partial charge in [0.1, 0.15) is 24.2 Å². The van der Waals surface area contributed by atoms with E-state index in [1.807, 2.05) is 16.8 Å². The van der Waals surface area contributed by atoms with Gasteiger partial charge in [-0.15, -0.1) is 0 Å². The van der Waals surface area contributed by atoms with E-state index in [9.17, 15) is 10.1 Å². The number of carbonyl (C=O) groups is 1. The Morgan fingerprint density at radius 1 is 1.43 bits per heavy atom. The van der Waals surface area contributed by atoms with Crippen LogP contribution in [-0.4, -0.2) is 29.3 Å². The highest BCUT2D eigenvalue weighted by atomic mass is 32.1. The first-order chi connectivity index (χ1) is 14.3. The number of carbonyl (C=O) groups excluding carboxylic acids is 1. The molecule has 0 unspecified atom stereocenters. The molecule has 0 radical (unpaired) electrons. The van der Waals surface area contributed by atoms with E-state index in [4.69, 9.17) is 9.47 Å². The van der Waals surface area contributed by atoms with Gasteiger partial charge in [0.25, 0.3) is 5.91 Å². The van der Waals surface area contributed by atoms with Crippen molar-refractivity contribution >= 4 is 17.2 Å². The van der Waals surface area contributed by atoms with Gasteiger partial charge in [0.15, 0.2) is 5.69 Å². The molecule has 154 valence electrons. The first-order valence-corrected chi connectivity index (χ1v) is 10.4. The average molecular weight is 423 g/mol. The van der Waals surface area contributed by atoms with Crippen molar-refractivity contribution in [3.8, 4) is 34.5 Å². The van der Waals surface area contributed by atoms with E-state index in [1.165, 1.54) is 7.11 Å². The molecule has 3 heterocycles. The van der Waals surface area contributed by atoms with Crippen molar-refractivity contribution in [1.29, 1.82) is 5.26 Å². The molecule has 4 rings (SSSR count). The number of methoxy groups -OCH3 is 1. The van der Waals surface area contributed by atoms with E-state index < -0.39 is 0 Å². The Morgan fingerprint density at radius 3 is 2.87 bits per heavy atom. The minimum Gasteiger partial charge on any atom is -0.495 e. The third-order valence-corrected chi connectivity index (χ3v) is 5.45. The van der Waals surface area contributed by atoms with Gasteiger partial charge in [-0.05, 0) is 22.9 Å². The molecule has 0 spiro atoms. The number of hydrogen-bond acceptors (Lipinski definition) is 6. The van der Waals surface area contributed by atoms with Crippen molar-refractivity contribution in [1.82, 2.24) is 15.1 Å². The molecule has 2 aromatic heterocycles. The van der Waals surface area contributed by atoms with Crippen LogP contribution in [0.5, 0.6) is 11.5 Å². The standard InChI is InChI=1S/C22H22N4O3S/c1-22(2,3)12-24-21(27)19-16-10-29-18-8-17(28-4)13(9-23)7-15(18)20(16)26(25-19)14-5-6-30-11-14/h5-8,11H,10,12H2,1-4H3,(H,24,27). The lowest BCUT2D eigenvalue weighted by Crippen LogP contribution is -2.33. The fraction of sp³-hybridized carbons (Fsp3) is 0.318. The third kappa shape index (κ3) is 3.53. The van der Waals surface area contributed by atoms with Crippen LogP contribution in [0.15, 0.2) is 29.0 Å². The lowest BCUT2D eigenvalue weighted by Gasteiger charge is -2.21. The highest BCUT2D eigenvalue weighted by molar-refractivity contribution is 7.08. The molecule has 0 fully saturated rings. The summed E-state index contributed by atoms with van der Waals surface area (Å²) < 4.78 is 13.0. The summed E-state index contributed by atoms with van der Waals surface area (Å²) in [5.41, 5.74) is 3.71. The highest BCUT2D eigenvalue weighted by Gasteiger charge is 2.31. The minimum absolute atomic E-state index is 0.0486. The van der Waals surface area contributed by atoms with Gasteiger partial charge in [-0.2, -0.15) is 21.7 Å². The topological polar surface area (TPSA) is 89.2 Å². The maximum absolute atomic E-state index is 13.0. The molecule has 7 nitrogen and oxygen atoms in total. The maximum atomic E-state index is 13.0. The van der Waals surface area contributed by atoms with Crippen LogP contribution < -0.4 is 14.8 Å². The molecule has 0 atom stereocenters. The number of amides is 1. The van der Waals surface area contributed by atoms with E-state index in [0.29, 0.717) is 40.4 Å². The first-order valence-electron chi connectivity index (χ1n) is 9.50. The number of benzene rings is 1. The van der Waals surface area contributed by atoms with Crippen LogP contribution in [0, 0.1) is 16.7 Å². The van der Waals surface area contributed by atoms with E-state index >= 15 is 0 Å². The Bertz CT molecular complexity index is 1150. The zero-order valence-electron chi connectivity index (χ0n) is 17.3. The van der Waals surface area contributed by atoms with Crippen molar-refractivity contribution in [2.75, 3.05) is 13.7 Å². The summed E-state index contributed by atoms with van der Waals surface area (Å²) in [6.45, 7) is 6.91. The van der Waals surface area contributed by atoms with Crippen LogP contribution in [0.4, 0.5) is 0 Å². The van der Waals surface area contributed by atoms with Gasteiger partial charge in [-0.3, -0.25) is 4.79 Å². The Hall–Kier alpha value is -3.31. The molecule has 1 aliphatic heterocycles. The molecule has 0 aliphatic carbocycles. The van der Waals surface area contributed by atoms with Crippen LogP contribution in [-0.2, 0) is 6.61 Å². The highest BCUT2D eigenvalue weighted by Crippen LogP contribution is 2.43. The van der Waals surface area contributed by atoms with Gasteiger partial charge in [-0.25, -0.2) is 4.68 Å². The first kappa shape index (κ1) is 20.0. The zero-order valence-corrected chi connectivity index (χ0v) is 18.1. The van der Waals surface area contributed by atoms with Crippen molar-refractivity contribution < 1.29 is 14.3 Å². The molecule has 30 heavy (non-hydrogen) atoms. The van der Waals surface area contributed by atoms with Crippen LogP contribution in [0.3, 0.4) is 0 Å². The minimum atomic E-state index is -0.240. The molecule has 1 aromatic carbocycles. The van der Waals surface area contributed by atoms with E-state index in [1.54, 1.807) is 28.2 Å².